The molecule has 0 saturated heterocycles. The van der Waals surface area contributed by atoms with Gasteiger partial charge in [0.1, 0.15) is 6.10 Å². The van der Waals surface area contributed by atoms with Crippen molar-refractivity contribution >= 4 is 5.97 Å². The molecule has 0 N–H and O–H groups in total. The third-order valence-electron chi connectivity index (χ3n) is 2.75. The molecule has 0 fully saturated rings. The topological polar surface area (TPSA) is 52.1 Å². The number of esters is 1. The lowest BCUT2D eigenvalue weighted by Gasteiger charge is -2.15. The Bertz CT molecular complexity index is 538. The number of nitrogens with zero attached hydrogens (tertiary/aromatic N) is 2. The number of rotatable bonds is 4. The monoisotopic (exact) mass is 256 g/mol. The average Bonchev–Trinajstić information content (AvgIpc) is 2.46. The van der Waals surface area contributed by atoms with E-state index >= 15 is 0 Å². The van der Waals surface area contributed by atoms with E-state index in [4.69, 9.17) is 4.74 Å². The number of aromatic nitrogens is 2. The Morgan fingerprint density at radius 2 is 1.84 bits per heavy atom. The summed E-state index contributed by atoms with van der Waals surface area (Å²) in [6.45, 7) is 3.84. The molecule has 19 heavy (non-hydrogen) atoms. The fourth-order valence-electron chi connectivity index (χ4n) is 1.73. The van der Waals surface area contributed by atoms with Gasteiger partial charge in [-0.25, -0.2) is 14.8 Å². The van der Waals surface area contributed by atoms with E-state index in [9.17, 15) is 4.79 Å². The van der Waals surface area contributed by atoms with Gasteiger partial charge in [-0.1, -0.05) is 37.3 Å². The molecule has 1 aromatic carbocycles. The summed E-state index contributed by atoms with van der Waals surface area (Å²) in [5.74, 6) is -0.393. The third-order valence-corrected chi connectivity index (χ3v) is 2.75. The minimum absolute atomic E-state index is 0.0972. The van der Waals surface area contributed by atoms with Crippen molar-refractivity contribution in [2.75, 3.05) is 0 Å². The maximum absolute atomic E-state index is 12.0. The van der Waals surface area contributed by atoms with E-state index in [1.54, 1.807) is 12.4 Å². The summed E-state index contributed by atoms with van der Waals surface area (Å²) in [6, 6.07) is 9.67. The first-order valence-corrected chi connectivity index (χ1v) is 6.25. The normalized spacial score (nSPS) is 11.9. The van der Waals surface area contributed by atoms with Crippen molar-refractivity contribution in [2.24, 2.45) is 0 Å². The van der Waals surface area contributed by atoms with Crippen LogP contribution in [0.25, 0.3) is 0 Å². The second-order valence-corrected chi connectivity index (χ2v) is 4.30. The SMILES string of the molecule is CCC(OC(=O)c1ncc(C)cn1)c1ccccc1. The van der Waals surface area contributed by atoms with Crippen molar-refractivity contribution in [1.82, 2.24) is 9.97 Å². The highest BCUT2D eigenvalue weighted by Gasteiger charge is 2.17. The van der Waals surface area contributed by atoms with Crippen molar-refractivity contribution in [3.63, 3.8) is 0 Å². The molecule has 2 rings (SSSR count). The van der Waals surface area contributed by atoms with Crippen LogP contribution in [0, 0.1) is 6.92 Å². The molecule has 98 valence electrons. The highest BCUT2D eigenvalue weighted by atomic mass is 16.5. The number of benzene rings is 1. The third kappa shape index (κ3) is 3.37. The smallest absolute Gasteiger partial charge is 0.376 e. The molecule has 2 aromatic rings. The van der Waals surface area contributed by atoms with Crippen LogP contribution >= 0.6 is 0 Å². The quantitative estimate of drug-likeness (QED) is 0.789. The summed E-state index contributed by atoms with van der Waals surface area (Å²) in [5, 5.41) is 0. The van der Waals surface area contributed by atoms with Gasteiger partial charge >= 0.3 is 5.97 Å². The Morgan fingerprint density at radius 3 is 2.42 bits per heavy atom. The van der Waals surface area contributed by atoms with Gasteiger partial charge in [-0.15, -0.1) is 0 Å². The molecule has 0 aliphatic rings. The maximum atomic E-state index is 12.0. The van der Waals surface area contributed by atoms with Gasteiger partial charge in [-0.2, -0.15) is 0 Å². The van der Waals surface area contributed by atoms with Crippen LogP contribution in [-0.4, -0.2) is 15.9 Å². The molecule has 0 aliphatic heterocycles. The van der Waals surface area contributed by atoms with Gasteiger partial charge in [0.15, 0.2) is 0 Å². The van der Waals surface area contributed by atoms with Crippen LogP contribution in [0.2, 0.25) is 0 Å². The molecule has 1 aromatic heterocycles. The summed E-state index contributed by atoms with van der Waals surface area (Å²) in [5.41, 5.74) is 1.89. The van der Waals surface area contributed by atoms with Crippen LogP contribution in [-0.2, 0) is 4.74 Å². The van der Waals surface area contributed by atoms with E-state index in [0.717, 1.165) is 11.1 Å². The molecular formula is C15H16N2O2. The number of hydrogen-bond donors (Lipinski definition) is 0. The number of ether oxygens (including phenoxy) is 1. The summed E-state index contributed by atoms with van der Waals surface area (Å²) >= 11 is 0. The second kappa shape index (κ2) is 6.09. The van der Waals surface area contributed by atoms with E-state index in [2.05, 4.69) is 9.97 Å². The van der Waals surface area contributed by atoms with Crippen LogP contribution in [0.5, 0.6) is 0 Å². The molecule has 0 bridgehead atoms. The minimum Gasteiger partial charge on any atom is -0.452 e. The van der Waals surface area contributed by atoms with Gasteiger partial charge in [0.2, 0.25) is 5.82 Å². The molecule has 1 unspecified atom stereocenters. The second-order valence-electron chi connectivity index (χ2n) is 4.30. The first-order chi connectivity index (χ1) is 9.20. The zero-order valence-corrected chi connectivity index (χ0v) is 11.0. The Balaban J connectivity index is 2.10. The van der Waals surface area contributed by atoms with Crippen molar-refractivity contribution in [2.45, 2.75) is 26.4 Å². The Hall–Kier alpha value is -2.23. The summed E-state index contributed by atoms with van der Waals surface area (Å²) < 4.78 is 5.45. The largest absolute Gasteiger partial charge is 0.452 e. The molecule has 1 heterocycles. The predicted octanol–water partition coefficient (Wildman–Crippen LogP) is 3.09. The summed E-state index contributed by atoms with van der Waals surface area (Å²) in [7, 11) is 0. The Labute approximate surface area is 112 Å². The standard InChI is InChI=1S/C15H16N2O2/c1-3-13(12-7-5-4-6-8-12)19-15(18)14-16-9-11(2)10-17-14/h4-10,13H,3H2,1-2H3. The lowest BCUT2D eigenvalue weighted by molar-refractivity contribution is 0.0273. The van der Waals surface area contributed by atoms with Crippen LogP contribution < -0.4 is 0 Å². The van der Waals surface area contributed by atoms with Gasteiger partial charge in [0, 0.05) is 12.4 Å². The fraction of sp³-hybridized carbons (Fsp3) is 0.267. The molecule has 0 spiro atoms. The molecule has 0 radical (unpaired) electrons. The van der Waals surface area contributed by atoms with Gasteiger partial charge in [-0.05, 0) is 24.5 Å². The summed E-state index contributed by atoms with van der Waals surface area (Å²) in [4.78, 5) is 19.9. The van der Waals surface area contributed by atoms with E-state index < -0.39 is 5.97 Å². The lowest BCUT2D eigenvalue weighted by Crippen LogP contribution is -2.14. The van der Waals surface area contributed by atoms with Gasteiger partial charge in [-0.3, -0.25) is 0 Å². The van der Waals surface area contributed by atoms with Crippen LogP contribution in [0.4, 0.5) is 0 Å². The molecule has 4 nitrogen and oxygen atoms in total. The molecular weight excluding hydrogens is 240 g/mol. The van der Waals surface area contributed by atoms with E-state index in [1.165, 1.54) is 0 Å². The summed E-state index contributed by atoms with van der Waals surface area (Å²) in [6.07, 6.45) is 3.65. The minimum atomic E-state index is -0.490. The molecule has 1 atom stereocenters. The molecule has 0 saturated carbocycles. The van der Waals surface area contributed by atoms with Crippen molar-refractivity contribution < 1.29 is 9.53 Å². The van der Waals surface area contributed by atoms with Crippen molar-refractivity contribution in [3.8, 4) is 0 Å². The van der Waals surface area contributed by atoms with Gasteiger partial charge in [0.05, 0.1) is 0 Å². The first-order valence-electron chi connectivity index (χ1n) is 6.25. The van der Waals surface area contributed by atoms with Crippen molar-refractivity contribution in [3.05, 3.63) is 59.7 Å². The van der Waals surface area contributed by atoms with Crippen LogP contribution in [0.15, 0.2) is 42.7 Å². The number of carbonyl (C=O) groups excluding carboxylic acids is 1. The highest BCUT2D eigenvalue weighted by Crippen LogP contribution is 2.21. The van der Waals surface area contributed by atoms with Crippen LogP contribution in [0.1, 0.15) is 41.2 Å². The predicted molar refractivity (Wildman–Crippen MR) is 71.7 cm³/mol. The van der Waals surface area contributed by atoms with Crippen molar-refractivity contribution in [1.29, 1.82) is 0 Å². The van der Waals surface area contributed by atoms with Gasteiger partial charge in [0.25, 0.3) is 0 Å². The number of hydrogen-bond acceptors (Lipinski definition) is 4. The fourth-order valence-corrected chi connectivity index (χ4v) is 1.73. The average molecular weight is 256 g/mol. The molecule has 0 aliphatic carbocycles. The van der Waals surface area contributed by atoms with E-state index in [-0.39, 0.29) is 11.9 Å². The number of carbonyl (C=O) groups is 1. The molecule has 0 amide bonds. The Kier molecular flexibility index (Phi) is 4.23. The van der Waals surface area contributed by atoms with E-state index in [1.807, 2.05) is 44.2 Å². The zero-order chi connectivity index (χ0) is 13.7. The molecule has 4 heteroatoms. The lowest BCUT2D eigenvalue weighted by atomic mass is 10.1. The number of aryl methyl sites for hydroxylation is 1. The first kappa shape index (κ1) is 13.2. The van der Waals surface area contributed by atoms with Crippen LogP contribution in [0.3, 0.4) is 0 Å². The maximum Gasteiger partial charge on any atom is 0.376 e. The van der Waals surface area contributed by atoms with E-state index in [0.29, 0.717) is 6.42 Å². The van der Waals surface area contributed by atoms with Gasteiger partial charge < -0.3 is 4.74 Å². The highest BCUT2D eigenvalue weighted by molar-refractivity contribution is 5.85. The zero-order valence-electron chi connectivity index (χ0n) is 11.0. The Morgan fingerprint density at radius 1 is 1.21 bits per heavy atom.